The zero-order valence-corrected chi connectivity index (χ0v) is 14.2. The van der Waals surface area contributed by atoms with E-state index in [1.54, 1.807) is 36.1 Å². The van der Waals surface area contributed by atoms with Crippen LogP contribution in [0, 0.1) is 0 Å². The summed E-state index contributed by atoms with van der Waals surface area (Å²) in [5.41, 5.74) is 0.748. The maximum absolute atomic E-state index is 12.6. The highest BCUT2D eigenvalue weighted by Gasteiger charge is 2.21. The topological polar surface area (TPSA) is 78.5 Å². The monoisotopic (exact) mass is 347 g/mol. The van der Waals surface area contributed by atoms with Crippen LogP contribution in [0.1, 0.15) is 23.7 Å². The van der Waals surface area contributed by atoms with Gasteiger partial charge in [-0.3, -0.25) is 9.52 Å². The van der Waals surface area contributed by atoms with Gasteiger partial charge in [-0.15, -0.1) is 12.4 Å². The number of para-hydroxylation sites is 1. The molecule has 0 radical (unpaired) electrons. The fraction of sp³-hybridized carbons (Fsp3) is 0.500. The Bertz CT molecular complexity index is 599. The van der Waals surface area contributed by atoms with Crippen LogP contribution in [-0.2, 0) is 10.0 Å². The van der Waals surface area contributed by atoms with E-state index in [-0.39, 0.29) is 24.1 Å². The number of nitrogens with zero attached hydrogens (tertiary/aromatic N) is 1. The van der Waals surface area contributed by atoms with Crippen LogP contribution in [0.4, 0.5) is 5.69 Å². The molecule has 1 amide bonds. The minimum Gasteiger partial charge on any atom is -0.337 e. The van der Waals surface area contributed by atoms with Crippen molar-refractivity contribution in [3.05, 3.63) is 29.8 Å². The Morgan fingerprint density at radius 2 is 2.00 bits per heavy atom. The van der Waals surface area contributed by atoms with Crippen molar-refractivity contribution in [1.82, 2.24) is 10.2 Å². The van der Waals surface area contributed by atoms with Crippen LogP contribution in [0.5, 0.6) is 0 Å². The van der Waals surface area contributed by atoms with Crippen molar-refractivity contribution in [3.63, 3.8) is 0 Å². The fourth-order valence-electron chi connectivity index (χ4n) is 2.22. The molecular formula is C14H22ClN3O3S. The lowest BCUT2D eigenvalue weighted by Gasteiger charge is -2.21. The molecule has 8 heteroatoms. The third-order valence-electron chi connectivity index (χ3n) is 3.43. The van der Waals surface area contributed by atoms with Crippen LogP contribution in [0.25, 0.3) is 0 Å². The lowest BCUT2D eigenvalue weighted by molar-refractivity contribution is 0.0767. The second kappa shape index (κ2) is 8.36. The van der Waals surface area contributed by atoms with Crippen molar-refractivity contribution < 1.29 is 13.2 Å². The second-order valence-corrected chi connectivity index (χ2v) is 6.96. The van der Waals surface area contributed by atoms with Gasteiger partial charge in [-0.2, -0.15) is 0 Å². The molecule has 1 heterocycles. The van der Waals surface area contributed by atoms with Crippen LogP contribution in [0.15, 0.2) is 24.3 Å². The van der Waals surface area contributed by atoms with Crippen molar-refractivity contribution in [2.45, 2.75) is 13.3 Å². The number of hydrogen-bond donors (Lipinski definition) is 2. The highest BCUT2D eigenvalue weighted by molar-refractivity contribution is 7.92. The van der Waals surface area contributed by atoms with Crippen LogP contribution >= 0.6 is 12.4 Å². The van der Waals surface area contributed by atoms with Crippen LogP contribution in [0.2, 0.25) is 0 Å². The largest absolute Gasteiger partial charge is 0.337 e. The molecule has 0 unspecified atom stereocenters. The highest BCUT2D eigenvalue weighted by atomic mass is 35.5. The number of sulfonamides is 1. The van der Waals surface area contributed by atoms with Gasteiger partial charge in [-0.05, 0) is 32.0 Å². The van der Waals surface area contributed by atoms with Crippen LogP contribution < -0.4 is 10.0 Å². The van der Waals surface area contributed by atoms with Crippen LogP contribution in [-0.4, -0.2) is 51.2 Å². The Morgan fingerprint density at radius 1 is 1.27 bits per heavy atom. The molecule has 0 atom stereocenters. The normalized spacial score (nSPS) is 15.6. The molecular weight excluding hydrogens is 326 g/mol. The Hall–Kier alpha value is -1.31. The minimum absolute atomic E-state index is 0. The first kappa shape index (κ1) is 18.7. The molecule has 0 aliphatic carbocycles. The smallest absolute Gasteiger partial charge is 0.256 e. The molecule has 124 valence electrons. The molecule has 22 heavy (non-hydrogen) atoms. The fourth-order valence-corrected chi connectivity index (χ4v) is 2.87. The van der Waals surface area contributed by atoms with E-state index in [1.807, 2.05) is 0 Å². The first-order chi connectivity index (χ1) is 10.0. The van der Waals surface area contributed by atoms with E-state index in [9.17, 15) is 13.2 Å². The molecule has 1 saturated heterocycles. The maximum Gasteiger partial charge on any atom is 0.256 e. The summed E-state index contributed by atoms with van der Waals surface area (Å²) in [5, 5.41) is 3.24. The molecule has 1 aliphatic heterocycles. The number of carbonyl (C=O) groups excluding carboxylic acids is 1. The number of halogens is 1. The van der Waals surface area contributed by atoms with Gasteiger partial charge in [0.1, 0.15) is 0 Å². The molecule has 1 aromatic carbocycles. The van der Waals surface area contributed by atoms with Crippen molar-refractivity contribution in [2.75, 3.05) is 36.7 Å². The van der Waals surface area contributed by atoms with E-state index in [0.29, 0.717) is 24.3 Å². The summed E-state index contributed by atoms with van der Waals surface area (Å²) in [6.07, 6.45) is 0.897. The Balaban J connectivity index is 0.00000242. The number of rotatable bonds is 4. The number of benzene rings is 1. The maximum atomic E-state index is 12.6. The molecule has 6 nitrogen and oxygen atoms in total. The first-order valence-electron chi connectivity index (χ1n) is 7.13. The van der Waals surface area contributed by atoms with E-state index >= 15 is 0 Å². The summed E-state index contributed by atoms with van der Waals surface area (Å²) in [5.74, 6) is -0.156. The molecule has 2 rings (SSSR count). The average molecular weight is 348 g/mol. The quantitative estimate of drug-likeness (QED) is 0.860. The summed E-state index contributed by atoms with van der Waals surface area (Å²) in [6.45, 7) is 4.53. The summed E-state index contributed by atoms with van der Waals surface area (Å²) >= 11 is 0. The molecule has 0 aromatic heterocycles. The van der Waals surface area contributed by atoms with Crippen molar-refractivity contribution >= 4 is 34.0 Å². The van der Waals surface area contributed by atoms with E-state index in [1.165, 1.54) is 0 Å². The molecule has 0 saturated carbocycles. The second-order valence-electron chi connectivity index (χ2n) is 4.95. The van der Waals surface area contributed by atoms with E-state index in [2.05, 4.69) is 10.0 Å². The summed E-state index contributed by atoms with van der Waals surface area (Å²) in [4.78, 5) is 14.4. The lowest BCUT2D eigenvalue weighted by Crippen LogP contribution is -2.34. The van der Waals surface area contributed by atoms with E-state index in [0.717, 1.165) is 19.5 Å². The van der Waals surface area contributed by atoms with Gasteiger partial charge >= 0.3 is 0 Å². The zero-order valence-electron chi connectivity index (χ0n) is 12.5. The average Bonchev–Trinajstić information content (AvgIpc) is 2.76. The van der Waals surface area contributed by atoms with Gasteiger partial charge in [0.2, 0.25) is 10.0 Å². The SMILES string of the molecule is CCS(=O)(=O)Nc1ccccc1C(=O)N1CCCNCC1.Cl. The van der Waals surface area contributed by atoms with Gasteiger partial charge < -0.3 is 10.2 Å². The number of nitrogens with one attached hydrogen (secondary N) is 2. The molecule has 1 aromatic rings. The predicted molar refractivity (Wildman–Crippen MR) is 90.2 cm³/mol. The van der Waals surface area contributed by atoms with Gasteiger partial charge in [-0.25, -0.2) is 8.42 Å². The molecule has 1 fully saturated rings. The predicted octanol–water partition coefficient (Wildman–Crippen LogP) is 1.31. The van der Waals surface area contributed by atoms with E-state index in [4.69, 9.17) is 0 Å². The molecule has 1 aliphatic rings. The van der Waals surface area contributed by atoms with Gasteiger partial charge in [-0.1, -0.05) is 12.1 Å². The zero-order chi connectivity index (χ0) is 15.3. The number of carbonyl (C=O) groups is 1. The Kier molecular flexibility index (Phi) is 7.12. The first-order valence-corrected chi connectivity index (χ1v) is 8.78. The third-order valence-corrected chi connectivity index (χ3v) is 4.72. The number of amides is 1. The highest BCUT2D eigenvalue weighted by Crippen LogP contribution is 2.19. The van der Waals surface area contributed by atoms with Crippen LogP contribution in [0.3, 0.4) is 0 Å². The molecule has 0 spiro atoms. The Labute approximate surface area is 137 Å². The molecule has 0 bridgehead atoms. The van der Waals surface area contributed by atoms with Crippen molar-refractivity contribution in [1.29, 1.82) is 0 Å². The number of anilines is 1. The van der Waals surface area contributed by atoms with Crippen molar-refractivity contribution in [3.8, 4) is 0 Å². The third kappa shape index (κ3) is 4.86. The summed E-state index contributed by atoms with van der Waals surface area (Å²) in [7, 11) is -3.40. The standard InChI is InChI=1S/C14H21N3O3S.ClH/c1-2-21(19,20)16-13-7-4-3-6-12(13)14(18)17-10-5-8-15-9-11-17;/h3-4,6-7,15-16H,2,5,8-11H2,1H3;1H. The van der Waals surface area contributed by atoms with Gasteiger partial charge in [0.05, 0.1) is 17.0 Å². The summed E-state index contributed by atoms with van der Waals surface area (Å²) in [6, 6.07) is 6.74. The Morgan fingerprint density at radius 3 is 2.73 bits per heavy atom. The van der Waals surface area contributed by atoms with Crippen molar-refractivity contribution in [2.24, 2.45) is 0 Å². The van der Waals surface area contributed by atoms with Gasteiger partial charge in [0, 0.05) is 19.6 Å². The molecule has 2 N–H and O–H groups in total. The van der Waals surface area contributed by atoms with Gasteiger partial charge in [0.15, 0.2) is 0 Å². The van der Waals surface area contributed by atoms with E-state index < -0.39 is 10.0 Å². The minimum atomic E-state index is -3.40. The van der Waals surface area contributed by atoms with Gasteiger partial charge in [0.25, 0.3) is 5.91 Å². The lowest BCUT2D eigenvalue weighted by atomic mass is 10.1. The number of hydrogen-bond acceptors (Lipinski definition) is 4. The summed E-state index contributed by atoms with van der Waals surface area (Å²) < 4.78 is 25.9.